The molecule has 1 aromatic carbocycles. The highest BCUT2D eigenvalue weighted by Gasteiger charge is 2.13. The third-order valence-electron chi connectivity index (χ3n) is 3.22. The molecule has 3 nitrogen and oxygen atoms in total. The molecular formula is C15H21N3S. The lowest BCUT2D eigenvalue weighted by Crippen LogP contribution is -2.15. The fraction of sp³-hybridized carbons (Fsp3) is 0.400. The monoisotopic (exact) mass is 275 g/mol. The molecule has 0 aliphatic heterocycles. The summed E-state index contributed by atoms with van der Waals surface area (Å²) >= 11 is 1.78. The Morgan fingerprint density at radius 2 is 2.11 bits per heavy atom. The second-order valence-corrected chi connectivity index (χ2v) is 5.70. The van der Waals surface area contributed by atoms with E-state index in [4.69, 9.17) is 0 Å². The number of benzene rings is 1. The van der Waals surface area contributed by atoms with E-state index in [2.05, 4.69) is 47.7 Å². The predicted molar refractivity (Wildman–Crippen MR) is 80.6 cm³/mol. The highest BCUT2D eigenvalue weighted by Crippen LogP contribution is 2.34. The van der Waals surface area contributed by atoms with E-state index in [1.54, 1.807) is 11.8 Å². The van der Waals surface area contributed by atoms with Gasteiger partial charge in [0, 0.05) is 18.0 Å². The second-order valence-electron chi connectivity index (χ2n) is 4.64. The molecule has 0 radical (unpaired) electrons. The van der Waals surface area contributed by atoms with Crippen LogP contribution in [0, 0.1) is 6.92 Å². The molecule has 1 aromatic heterocycles. The molecule has 1 unspecified atom stereocenters. The van der Waals surface area contributed by atoms with E-state index < -0.39 is 0 Å². The maximum Gasteiger partial charge on any atom is 0.0987 e. The van der Waals surface area contributed by atoms with Crippen molar-refractivity contribution in [1.82, 2.24) is 15.1 Å². The first-order chi connectivity index (χ1) is 9.15. The van der Waals surface area contributed by atoms with Crippen molar-refractivity contribution in [3.8, 4) is 0 Å². The van der Waals surface area contributed by atoms with Crippen molar-refractivity contribution in [3.05, 3.63) is 41.6 Å². The summed E-state index contributed by atoms with van der Waals surface area (Å²) in [5.74, 6) is 0. The van der Waals surface area contributed by atoms with E-state index in [1.807, 2.05) is 25.7 Å². The minimum atomic E-state index is 0.401. The van der Waals surface area contributed by atoms with Crippen LogP contribution in [0.2, 0.25) is 0 Å². The van der Waals surface area contributed by atoms with Gasteiger partial charge in [-0.15, -0.1) is 0 Å². The molecule has 0 aliphatic carbocycles. The number of hydrogen-bond acceptors (Lipinski definition) is 3. The Balaban J connectivity index is 2.32. The van der Waals surface area contributed by atoms with Gasteiger partial charge in [0.05, 0.1) is 10.7 Å². The molecule has 0 spiro atoms. The summed E-state index contributed by atoms with van der Waals surface area (Å²) in [6.45, 7) is 4.23. The van der Waals surface area contributed by atoms with Crippen LogP contribution in [0.1, 0.15) is 30.6 Å². The van der Waals surface area contributed by atoms with Crippen LogP contribution >= 0.6 is 11.8 Å². The van der Waals surface area contributed by atoms with Crippen molar-refractivity contribution < 1.29 is 0 Å². The Kier molecular flexibility index (Phi) is 4.66. The lowest BCUT2D eigenvalue weighted by molar-refractivity contribution is 0.568. The average molecular weight is 275 g/mol. The minimum Gasteiger partial charge on any atom is -0.313 e. The van der Waals surface area contributed by atoms with Gasteiger partial charge in [0.25, 0.3) is 0 Å². The van der Waals surface area contributed by atoms with Crippen molar-refractivity contribution in [2.75, 3.05) is 7.05 Å². The third kappa shape index (κ3) is 3.19. The van der Waals surface area contributed by atoms with Gasteiger partial charge in [-0.1, -0.05) is 36.9 Å². The number of nitrogens with zero attached hydrogens (tertiary/aromatic N) is 2. The third-order valence-corrected chi connectivity index (χ3v) is 4.41. The zero-order chi connectivity index (χ0) is 13.8. The van der Waals surface area contributed by atoms with Crippen LogP contribution < -0.4 is 5.32 Å². The summed E-state index contributed by atoms with van der Waals surface area (Å²) in [6, 6.07) is 11.1. The summed E-state index contributed by atoms with van der Waals surface area (Å²) < 4.78 is 1.94. The van der Waals surface area contributed by atoms with Crippen LogP contribution in [0.4, 0.5) is 0 Å². The van der Waals surface area contributed by atoms with Crippen molar-refractivity contribution in [3.63, 3.8) is 0 Å². The highest BCUT2D eigenvalue weighted by molar-refractivity contribution is 7.99. The Bertz CT molecular complexity index is 544. The standard InChI is InChI=1S/C15H21N3S/c1-5-13(16-3)12-8-6-7-9-14(12)19-15-10-11(2)17-18(15)4/h6-10,13,16H,5H2,1-4H3. The molecule has 2 aromatic rings. The van der Waals surface area contributed by atoms with Gasteiger partial charge in [-0.3, -0.25) is 4.68 Å². The highest BCUT2D eigenvalue weighted by atomic mass is 32.2. The fourth-order valence-electron chi connectivity index (χ4n) is 2.24. The molecule has 0 saturated heterocycles. The van der Waals surface area contributed by atoms with Gasteiger partial charge in [-0.25, -0.2) is 0 Å². The number of aromatic nitrogens is 2. The van der Waals surface area contributed by atoms with Gasteiger partial charge in [0.2, 0.25) is 0 Å². The maximum absolute atomic E-state index is 4.40. The molecule has 102 valence electrons. The Morgan fingerprint density at radius 3 is 2.68 bits per heavy atom. The smallest absolute Gasteiger partial charge is 0.0987 e. The van der Waals surface area contributed by atoms with Gasteiger partial charge >= 0.3 is 0 Å². The van der Waals surface area contributed by atoms with E-state index >= 15 is 0 Å². The lowest BCUT2D eigenvalue weighted by Gasteiger charge is -2.18. The predicted octanol–water partition coefficient (Wildman–Crippen LogP) is 3.55. The molecule has 0 fully saturated rings. The molecular weight excluding hydrogens is 254 g/mol. The number of hydrogen-bond donors (Lipinski definition) is 1. The summed E-state index contributed by atoms with van der Waals surface area (Å²) in [5.41, 5.74) is 2.42. The molecule has 1 heterocycles. The van der Waals surface area contributed by atoms with Crippen molar-refractivity contribution in [2.24, 2.45) is 7.05 Å². The van der Waals surface area contributed by atoms with Gasteiger partial charge < -0.3 is 5.32 Å². The first kappa shape index (κ1) is 14.2. The van der Waals surface area contributed by atoms with Gasteiger partial charge in [0.15, 0.2) is 0 Å². The Morgan fingerprint density at radius 1 is 1.37 bits per heavy atom. The van der Waals surface area contributed by atoms with E-state index in [0.29, 0.717) is 6.04 Å². The topological polar surface area (TPSA) is 29.9 Å². The largest absolute Gasteiger partial charge is 0.313 e. The second kappa shape index (κ2) is 6.26. The molecule has 0 amide bonds. The first-order valence-electron chi connectivity index (χ1n) is 6.60. The molecule has 0 bridgehead atoms. The zero-order valence-corrected chi connectivity index (χ0v) is 12.8. The molecule has 19 heavy (non-hydrogen) atoms. The molecule has 4 heteroatoms. The summed E-state index contributed by atoms with van der Waals surface area (Å²) in [7, 11) is 4.01. The maximum atomic E-state index is 4.40. The van der Waals surface area contributed by atoms with E-state index in [-0.39, 0.29) is 0 Å². The van der Waals surface area contributed by atoms with Crippen LogP contribution in [-0.2, 0) is 7.05 Å². The van der Waals surface area contributed by atoms with E-state index in [0.717, 1.165) is 12.1 Å². The molecule has 1 N–H and O–H groups in total. The van der Waals surface area contributed by atoms with Crippen molar-refractivity contribution >= 4 is 11.8 Å². The van der Waals surface area contributed by atoms with Crippen LogP contribution in [0.5, 0.6) is 0 Å². The molecule has 0 aliphatic rings. The summed E-state index contributed by atoms with van der Waals surface area (Å²) in [5, 5.41) is 8.96. The van der Waals surface area contributed by atoms with Crippen molar-refractivity contribution in [2.45, 2.75) is 36.2 Å². The Hall–Kier alpha value is -1.26. The van der Waals surface area contributed by atoms with Crippen LogP contribution in [0.3, 0.4) is 0 Å². The minimum absolute atomic E-state index is 0.401. The normalized spacial score (nSPS) is 12.6. The average Bonchev–Trinajstić information content (AvgIpc) is 2.71. The number of nitrogens with one attached hydrogen (secondary N) is 1. The lowest BCUT2D eigenvalue weighted by atomic mass is 10.1. The summed E-state index contributed by atoms with van der Waals surface area (Å²) in [4.78, 5) is 1.30. The molecule has 2 rings (SSSR count). The number of aryl methyl sites for hydroxylation is 2. The van der Waals surface area contributed by atoms with Gasteiger partial charge in [0.1, 0.15) is 0 Å². The number of rotatable bonds is 5. The van der Waals surface area contributed by atoms with Crippen molar-refractivity contribution in [1.29, 1.82) is 0 Å². The Labute approximate surface area is 119 Å². The van der Waals surface area contributed by atoms with Gasteiger partial charge in [-0.2, -0.15) is 5.10 Å². The zero-order valence-electron chi connectivity index (χ0n) is 12.0. The first-order valence-corrected chi connectivity index (χ1v) is 7.42. The van der Waals surface area contributed by atoms with E-state index in [9.17, 15) is 0 Å². The summed E-state index contributed by atoms with van der Waals surface area (Å²) in [6.07, 6.45) is 1.08. The SMILES string of the molecule is CCC(NC)c1ccccc1Sc1cc(C)nn1C. The van der Waals surface area contributed by atoms with Crippen LogP contribution in [-0.4, -0.2) is 16.8 Å². The van der Waals surface area contributed by atoms with E-state index in [1.165, 1.54) is 15.5 Å². The quantitative estimate of drug-likeness (QED) is 0.905. The fourth-order valence-corrected chi connectivity index (χ4v) is 3.34. The molecule has 1 atom stereocenters. The van der Waals surface area contributed by atoms with Crippen LogP contribution in [0.15, 0.2) is 40.3 Å². The van der Waals surface area contributed by atoms with Gasteiger partial charge in [-0.05, 0) is 38.1 Å². The van der Waals surface area contributed by atoms with Crippen LogP contribution in [0.25, 0.3) is 0 Å². The molecule has 0 saturated carbocycles.